The fourth-order valence-corrected chi connectivity index (χ4v) is 3.60. The molecular weight excluding hydrogens is 344 g/mol. The van der Waals surface area contributed by atoms with Gasteiger partial charge < -0.3 is 4.42 Å². The summed E-state index contributed by atoms with van der Waals surface area (Å²) in [5.74, 6) is 0.451. The molecule has 2 aromatic carbocycles. The van der Waals surface area contributed by atoms with E-state index in [-0.39, 0.29) is 0 Å². The summed E-state index contributed by atoms with van der Waals surface area (Å²) in [7, 11) is 0. The van der Waals surface area contributed by atoms with Crippen LogP contribution in [0.15, 0.2) is 83.4 Å². The number of hydrogen-bond acceptors (Lipinski definition) is 3. The third kappa shape index (κ3) is 2.76. The van der Waals surface area contributed by atoms with Gasteiger partial charge in [-0.05, 0) is 41.8 Å². The molecule has 5 aromatic rings. The van der Waals surface area contributed by atoms with E-state index in [9.17, 15) is 0 Å². The predicted octanol–water partition coefficient (Wildman–Crippen LogP) is 6.83. The highest BCUT2D eigenvalue weighted by Gasteiger charge is 2.15. The Labute approximate surface area is 163 Å². The van der Waals surface area contributed by atoms with Gasteiger partial charge in [0.2, 0.25) is 5.71 Å². The Kier molecular flexibility index (Phi) is 3.94. The molecule has 0 radical (unpaired) electrons. The molecule has 0 atom stereocenters. The number of rotatable bonds is 3. The summed E-state index contributed by atoms with van der Waals surface area (Å²) in [6.07, 6.45) is 1.87. The monoisotopic (exact) mass is 364 g/mol. The molecule has 3 heteroatoms. The van der Waals surface area contributed by atoms with Crippen molar-refractivity contribution in [2.75, 3.05) is 0 Å². The lowest BCUT2D eigenvalue weighted by Gasteiger charge is -2.07. The van der Waals surface area contributed by atoms with Crippen molar-refractivity contribution >= 4 is 22.1 Å². The fraction of sp³-hybridized carbons (Fsp3) is 0.120. The highest BCUT2D eigenvalue weighted by atomic mass is 16.3. The first-order valence-corrected chi connectivity index (χ1v) is 9.55. The molecule has 0 amide bonds. The van der Waals surface area contributed by atoms with Crippen molar-refractivity contribution in [3.05, 3.63) is 84.6 Å². The molecule has 136 valence electrons. The minimum Gasteiger partial charge on any atom is -0.437 e. The number of hydrogen-bond donors (Lipinski definition) is 0. The smallest absolute Gasteiger partial charge is 0.227 e. The minimum atomic E-state index is 0.451. The van der Waals surface area contributed by atoms with E-state index in [1.807, 2.05) is 24.4 Å². The number of pyridine rings is 2. The molecule has 0 aliphatic rings. The first-order chi connectivity index (χ1) is 13.7. The van der Waals surface area contributed by atoms with E-state index in [1.165, 1.54) is 5.56 Å². The van der Waals surface area contributed by atoms with Gasteiger partial charge in [0.05, 0.1) is 11.4 Å². The Morgan fingerprint density at radius 3 is 2.46 bits per heavy atom. The normalized spacial score (nSPS) is 11.5. The average molecular weight is 364 g/mol. The maximum absolute atomic E-state index is 6.25. The molecule has 0 spiro atoms. The zero-order valence-corrected chi connectivity index (χ0v) is 15.9. The van der Waals surface area contributed by atoms with Crippen molar-refractivity contribution in [3.63, 3.8) is 0 Å². The van der Waals surface area contributed by atoms with Crippen LogP contribution in [0.25, 0.3) is 44.6 Å². The molecule has 0 fully saturated rings. The van der Waals surface area contributed by atoms with Crippen molar-refractivity contribution in [2.24, 2.45) is 0 Å². The van der Waals surface area contributed by atoms with Gasteiger partial charge in [0.15, 0.2) is 0 Å². The molecule has 0 saturated carbocycles. The maximum Gasteiger partial charge on any atom is 0.227 e. The molecule has 0 unspecified atom stereocenters. The van der Waals surface area contributed by atoms with Gasteiger partial charge in [0, 0.05) is 28.1 Å². The summed E-state index contributed by atoms with van der Waals surface area (Å²) in [6, 6.07) is 24.7. The molecule has 3 nitrogen and oxygen atoms in total. The van der Waals surface area contributed by atoms with Gasteiger partial charge >= 0.3 is 0 Å². The van der Waals surface area contributed by atoms with Crippen LogP contribution in [-0.2, 0) is 0 Å². The molecule has 28 heavy (non-hydrogen) atoms. The highest BCUT2D eigenvalue weighted by molar-refractivity contribution is 6.08. The van der Waals surface area contributed by atoms with Crippen LogP contribution in [0.4, 0.5) is 0 Å². The molecular formula is C25H20N2O. The first kappa shape index (κ1) is 16.7. The van der Waals surface area contributed by atoms with Crippen LogP contribution in [0.2, 0.25) is 0 Å². The molecule has 3 aromatic heterocycles. The van der Waals surface area contributed by atoms with Crippen LogP contribution in [-0.4, -0.2) is 9.97 Å². The van der Waals surface area contributed by atoms with E-state index in [0.29, 0.717) is 11.6 Å². The summed E-state index contributed by atoms with van der Waals surface area (Å²) in [5, 5.41) is 2.09. The van der Waals surface area contributed by atoms with Crippen LogP contribution in [0.3, 0.4) is 0 Å². The number of furan rings is 1. The number of benzene rings is 2. The number of aromatic nitrogens is 2. The van der Waals surface area contributed by atoms with Gasteiger partial charge in [0.1, 0.15) is 5.58 Å². The Morgan fingerprint density at radius 2 is 1.64 bits per heavy atom. The third-order valence-corrected chi connectivity index (χ3v) is 5.16. The Bertz CT molecular complexity index is 1290. The lowest BCUT2D eigenvalue weighted by Crippen LogP contribution is -1.90. The van der Waals surface area contributed by atoms with Crippen molar-refractivity contribution in [1.29, 1.82) is 0 Å². The Morgan fingerprint density at radius 1 is 0.786 bits per heavy atom. The molecule has 3 heterocycles. The average Bonchev–Trinajstić information content (AvgIpc) is 3.12. The van der Waals surface area contributed by atoms with E-state index in [1.54, 1.807) is 0 Å². The molecule has 0 N–H and O–H groups in total. The fourth-order valence-electron chi connectivity index (χ4n) is 3.60. The second-order valence-corrected chi connectivity index (χ2v) is 7.33. The second kappa shape index (κ2) is 6.61. The van der Waals surface area contributed by atoms with Crippen molar-refractivity contribution in [1.82, 2.24) is 9.97 Å². The van der Waals surface area contributed by atoms with Crippen molar-refractivity contribution < 1.29 is 4.42 Å². The van der Waals surface area contributed by atoms with E-state index in [2.05, 4.69) is 73.4 Å². The summed E-state index contributed by atoms with van der Waals surface area (Å²) >= 11 is 0. The van der Waals surface area contributed by atoms with Crippen LogP contribution < -0.4 is 0 Å². The van der Waals surface area contributed by atoms with Gasteiger partial charge in [-0.25, -0.2) is 4.98 Å². The quantitative estimate of drug-likeness (QED) is 0.352. The van der Waals surface area contributed by atoms with E-state index >= 15 is 0 Å². The summed E-state index contributed by atoms with van der Waals surface area (Å²) in [4.78, 5) is 9.37. The molecule has 0 bridgehead atoms. The van der Waals surface area contributed by atoms with Gasteiger partial charge in [-0.2, -0.15) is 0 Å². The van der Waals surface area contributed by atoms with Gasteiger partial charge in [0.25, 0.3) is 0 Å². The summed E-state index contributed by atoms with van der Waals surface area (Å²) < 4.78 is 6.25. The lowest BCUT2D eigenvalue weighted by molar-refractivity contribution is 0.655. The lowest BCUT2D eigenvalue weighted by atomic mass is 10.0. The standard InChI is InChI=1S/C25H20N2O/c1-16(2)18-13-14-26-23(15-18)21-10-6-9-19-20-11-12-22(17-7-4-3-5-8-17)27-25(20)28-24(19)21/h3-16H,1-2H3. The molecule has 0 aliphatic carbocycles. The first-order valence-electron chi connectivity index (χ1n) is 9.55. The summed E-state index contributed by atoms with van der Waals surface area (Å²) in [5.41, 5.74) is 6.68. The molecule has 5 rings (SSSR count). The highest BCUT2D eigenvalue weighted by Crippen LogP contribution is 2.36. The van der Waals surface area contributed by atoms with Crippen LogP contribution in [0.1, 0.15) is 25.3 Å². The van der Waals surface area contributed by atoms with E-state index in [4.69, 9.17) is 9.40 Å². The number of nitrogens with zero attached hydrogens (tertiary/aromatic N) is 2. The van der Waals surface area contributed by atoms with E-state index in [0.717, 1.165) is 38.9 Å². The zero-order chi connectivity index (χ0) is 19.1. The largest absolute Gasteiger partial charge is 0.437 e. The minimum absolute atomic E-state index is 0.451. The molecule has 0 saturated heterocycles. The third-order valence-electron chi connectivity index (χ3n) is 5.16. The van der Waals surface area contributed by atoms with Gasteiger partial charge in [-0.1, -0.05) is 56.3 Å². The molecule has 0 aliphatic heterocycles. The topological polar surface area (TPSA) is 38.9 Å². The number of para-hydroxylation sites is 1. The van der Waals surface area contributed by atoms with Crippen LogP contribution in [0, 0.1) is 0 Å². The number of fused-ring (bicyclic) bond motifs is 3. The van der Waals surface area contributed by atoms with Gasteiger partial charge in [-0.15, -0.1) is 0 Å². The Balaban J connectivity index is 1.71. The van der Waals surface area contributed by atoms with Crippen LogP contribution in [0.5, 0.6) is 0 Å². The van der Waals surface area contributed by atoms with Crippen molar-refractivity contribution in [3.8, 4) is 22.5 Å². The van der Waals surface area contributed by atoms with Crippen LogP contribution >= 0.6 is 0 Å². The van der Waals surface area contributed by atoms with E-state index < -0.39 is 0 Å². The van der Waals surface area contributed by atoms with Crippen molar-refractivity contribution in [2.45, 2.75) is 19.8 Å². The SMILES string of the molecule is CC(C)c1ccnc(-c2cccc3c2oc2nc(-c4ccccc4)ccc23)c1. The maximum atomic E-state index is 6.25. The Hall–Kier alpha value is -3.46. The zero-order valence-electron chi connectivity index (χ0n) is 15.9. The second-order valence-electron chi connectivity index (χ2n) is 7.33. The summed E-state index contributed by atoms with van der Waals surface area (Å²) in [6.45, 7) is 4.38. The van der Waals surface area contributed by atoms with Gasteiger partial charge in [-0.3, -0.25) is 4.98 Å². The predicted molar refractivity (Wildman–Crippen MR) is 114 cm³/mol.